The first-order valence-electron chi connectivity index (χ1n) is 6.25. The summed E-state index contributed by atoms with van der Waals surface area (Å²) in [4.78, 5) is 12.1. The second-order valence-corrected chi connectivity index (χ2v) is 4.89. The second-order valence-electron chi connectivity index (χ2n) is 4.89. The number of nitrogens with one attached hydrogen (secondary N) is 2. The Balaban J connectivity index is 0.00000162. The normalized spacial score (nSPS) is 18.9. The maximum Gasteiger partial charge on any atom is 0.251 e. The third kappa shape index (κ3) is 4.00. The molecule has 0 aromatic heterocycles. The zero-order chi connectivity index (χ0) is 12.3. The van der Waals surface area contributed by atoms with Crippen LogP contribution in [0.5, 0.6) is 0 Å². The number of benzene rings is 1. The van der Waals surface area contributed by atoms with Gasteiger partial charge in [-0.3, -0.25) is 4.79 Å². The first-order valence-corrected chi connectivity index (χ1v) is 6.25. The van der Waals surface area contributed by atoms with Crippen molar-refractivity contribution in [2.45, 2.75) is 32.7 Å². The number of piperidine rings is 1. The Kier molecular flexibility index (Phi) is 5.63. The molecule has 1 heterocycles. The van der Waals surface area contributed by atoms with E-state index in [1.165, 1.54) is 0 Å². The van der Waals surface area contributed by atoms with Crippen molar-refractivity contribution < 1.29 is 4.79 Å². The summed E-state index contributed by atoms with van der Waals surface area (Å²) in [6.07, 6.45) is 2.21. The minimum Gasteiger partial charge on any atom is -0.348 e. The highest BCUT2D eigenvalue weighted by molar-refractivity contribution is 5.94. The fraction of sp³-hybridized carbons (Fsp3) is 0.500. The average Bonchev–Trinajstić information content (AvgIpc) is 2.29. The van der Waals surface area contributed by atoms with Gasteiger partial charge in [-0.05, 0) is 45.4 Å². The van der Waals surface area contributed by atoms with Gasteiger partial charge in [0.25, 0.3) is 5.91 Å². The number of rotatable bonds is 2. The minimum atomic E-state index is 0. The van der Waals surface area contributed by atoms with E-state index in [0.717, 1.165) is 42.6 Å². The van der Waals surface area contributed by atoms with Gasteiger partial charge in [-0.2, -0.15) is 0 Å². The molecule has 1 aromatic carbocycles. The Labute approximate surface area is 115 Å². The van der Waals surface area contributed by atoms with Crippen molar-refractivity contribution in [3.05, 3.63) is 34.9 Å². The molecule has 1 atom stereocenters. The molecule has 2 N–H and O–H groups in total. The quantitative estimate of drug-likeness (QED) is 0.864. The van der Waals surface area contributed by atoms with E-state index in [-0.39, 0.29) is 24.4 Å². The van der Waals surface area contributed by atoms with Gasteiger partial charge in [-0.25, -0.2) is 0 Å². The molecular weight excluding hydrogens is 248 g/mol. The molecule has 1 aliphatic rings. The summed E-state index contributed by atoms with van der Waals surface area (Å²) >= 11 is 0. The summed E-state index contributed by atoms with van der Waals surface area (Å²) in [5.74, 6) is 0.0468. The molecule has 1 aliphatic heterocycles. The van der Waals surface area contributed by atoms with E-state index in [4.69, 9.17) is 0 Å². The molecule has 0 unspecified atom stereocenters. The van der Waals surface area contributed by atoms with Gasteiger partial charge in [0.1, 0.15) is 0 Å². The SMILES string of the molecule is Cc1cc(C)cc(C(=O)N[C@H]2CCCNC2)c1.Cl. The number of hydrogen-bond donors (Lipinski definition) is 2. The molecule has 1 saturated heterocycles. The summed E-state index contributed by atoms with van der Waals surface area (Å²) in [5.41, 5.74) is 3.04. The monoisotopic (exact) mass is 268 g/mol. The van der Waals surface area contributed by atoms with Crippen LogP contribution in [0.15, 0.2) is 18.2 Å². The van der Waals surface area contributed by atoms with E-state index in [9.17, 15) is 4.79 Å². The van der Waals surface area contributed by atoms with Crippen molar-refractivity contribution in [1.82, 2.24) is 10.6 Å². The van der Waals surface area contributed by atoms with Crippen molar-refractivity contribution in [2.24, 2.45) is 0 Å². The van der Waals surface area contributed by atoms with Crippen LogP contribution in [-0.2, 0) is 0 Å². The predicted molar refractivity (Wildman–Crippen MR) is 76.5 cm³/mol. The lowest BCUT2D eigenvalue weighted by atomic mass is 10.0. The largest absolute Gasteiger partial charge is 0.348 e. The first kappa shape index (κ1) is 15.0. The lowest BCUT2D eigenvalue weighted by Gasteiger charge is -2.23. The number of hydrogen-bond acceptors (Lipinski definition) is 2. The van der Waals surface area contributed by atoms with Crippen LogP contribution in [0.3, 0.4) is 0 Å². The standard InChI is InChI=1S/C14H20N2O.ClH/c1-10-6-11(2)8-12(7-10)14(17)16-13-4-3-5-15-9-13;/h6-8,13,15H,3-5,9H2,1-2H3,(H,16,17);1H/t13-;/m0./s1. The van der Waals surface area contributed by atoms with Crippen LogP contribution in [0.1, 0.15) is 34.3 Å². The van der Waals surface area contributed by atoms with Crippen LogP contribution < -0.4 is 10.6 Å². The lowest BCUT2D eigenvalue weighted by molar-refractivity contribution is 0.0930. The van der Waals surface area contributed by atoms with Crippen molar-refractivity contribution in [1.29, 1.82) is 0 Å². The minimum absolute atomic E-state index is 0. The van der Waals surface area contributed by atoms with Crippen LogP contribution in [0.2, 0.25) is 0 Å². The fourth-order valence-corrected chi connectivity index (χ4v) is 2.35. The Morgan fingerprint density at radius 1 is 1.28 bits per heavy atom. The number of carbonyl (C=O) groups is 1. The van der Waals surface area contributed by atoms with E-state index < -0.39 is 0 Å². The molecule has 2 rings (SSSR count). The number of carbonyl (C=O) groups excluding carboxylic acids is 1. The van der Waals surface area contributed by atoms with Crippen LogP contribution in [0.25, 0.3) is 0 Å². The maximum absolute atomic E-state index is 12.1. The number of aryl methyl sites for hydroxylation is 2. The second kappa shape index (κ2) is 6.76. The Morgan fingerprint density at radius 3 is 2.50 bits per heavy atom. The van der Waals surface area contributed by atoms with Gasteiger partial charge in [-0.15, -0.1) is 12.4 Å². The topological polar surface area (TPSA) is 41.1 Å². The zero-order valence-corrected chi connectivity index (χ0v) is 11.8. The molecular formula is C14H21ClN2O. The molecule has 0 saturated carbocycles. The van der Waals surface area contributed by atoms with Gasteiger partial charge in [0, 0.05) is 18.2 Å². The van der Waals surface area contributed by atoms with Crippen molar-refractivity contribution in [2.75, 3.05) is 13.1 Å². The van der Waals surface area contributed by atoms with Crippen LogP contribution in [0, 0.1) is 13.8 Å². The molecule has 18 heavy (non-hydrogen) atoms. The summed E-state index contributed by atoms with van der Waals surface area (Å²) in [6.45, 7) is 5.99. The molecule has 4 heteroatoms. The molecule has 1 fully saturated rings. The van der Waals surface area contributed by atoms with Gasteiger partial charge in [0.15, 0.2) is 0 Å². The van der Waals surface area contributed by atoms with E-state index >= 15 is 0 Å². The average molecular weight is 269 g/mol. The van der Waals surface area contributed by atoms with E-state index in [1.54, 1.807) is 0 Å². The molecule has 1 amide bonds. The van der Waals surface area contributed by atoms with Gasteiger partial charge < -0.3 is 10.6 Å². The first-order chi connectivity index (χ1) is 8.15. The van der Waals surface area contributed by atoms with E-state index in [1.807, 2.05) is 26.0 Å². The Morgan fingerprint density at radius 2 is 1.94 bits per heavy atom. The molecule has 3 nitrogen and oxygen atoms in total. The van der Waals surface area contributed by atoms with Crippen LogP contribution in [0.4, 0.5) is 0 Å². The van der Waals surface area contributed by atoms with Crippen LogP contribution in [-0.4, -0.2) is 25.0 Å². The van der Waals surface area contributed by atoms with Crippen molar-refractivity contribution in [3.63, 3.8) is 0 Å². The molecule has 0 bridgehead atoms. The van der Waals surface area contributed by atoms with Crippen molar-refractivity contribution >= 4 is 18.3 Å². The Bertz CT molecular complexity index is 394. The summed E-state index contributed by atoms with van der Waals surface area (Å²) < 4.78 is 0. The summed E-state index contributed by atoms with van der Waals surface area (Å²) in [5, 5.41) is 6.39. The smallest absolute Gasteiger partial charge is 0.251 e. The highest BCUT2D eigenvalue weighted by atomic mass is 35.5. The van der Waals surface area contributed by atoms with E-state index in [2.05, 4.69) is 16.7 Å². The highest BCUT2D eigenvalue weighted by Crippen LogP contribution is 2.10. The third-order valence-electron chi connectivity index (χ3n) is 3.12. The number of halogens is 1. The lowest BCUT2D eigenvalue weighted by Crippen LogP contribution is -2.45. The fourth-order valence-electron chi connectivity index (χ4n) is 2.35. The van der Waals surface area contributed by atoms with Gasteiger partial charge in [-0.1, -0.05) is 17.2 Å². The maximum atomic E-state index is 12.1. The van der Waals surface area contributed by atoms with E-state index in [0.29, 0.717) is 0 Å². The van der Waals surface area contributed by atoms with Gasteiger partial charge in [0.05, 0.1) is 0 Å². The molecule has 0 radical (unpaired) electrons. The highest BCUT2D eigenvalue weighted by Gasteiger charge is 2.16. The molecule has 100 valence electrons. The van der Waals surface area contributed by atoms with Crippen molar-refractivity contribution in [3.8, 4) is 0 Å². The number of amides is 1. The summed E-state index contributed by atoms with van der Waals surface area (Å²) in [7, 11) is 0. The zero-order valence-electron chi connectivity index (χ0n) is 11.0. The molecule has 1 aromatic rings. The van der Waals surface area contributed by atoms with Gasteiger partial charge >= 0.3 is 0 Å². The molecule has 0 spiro atoms. The molecule has 0 aliphatic carbocycles. The Hall–Kier alpha value is -1.06. The van der Waals surface area contributed by atoms with Crippen LogP contribution >= 0.6 is 12.4 Å². The third-order valence-corrected chi connectivity index (χ3v) is 3.12. The predicted octanol–water partition coefficient (Wildman–Crippen LogP) is 2.21. The summed E-state index contributed by atoms with van der Waals surface area (Å²) in [6, 6.07) is 6.24. The van der Waals surface area contributed by atoms with Gasteiger partial charge in [0.2, 0.25) is 0 Å².